The molecule has 0 heterocycles. The molecule has 1 rings (SSSR count). The molecule has 2 N–H and O–H groups in total. The lowest BCUT2D eigenvalue weighted by Gasteiger charge is -2.06. The minimum Gasteiger partial charge on any atom is -0.316 e. The van der Waals surface area contributed by atoms with Crippen LogP contribution in [-0.2, 0) is 6.42 Å². The van der Waals surface area contributed by atoms with Crippen molar-refractivity contribution in [2.24, 2.45) is 0 Å². The highest BCUT2D eigenvalue weighted by molar-refractivity contribution is 6.42. The van der Waals surface area contributed by atoms with Gasteiger partial charge in [-0.3, -0.25) is 0 Å². The fourth-order valence-corrected chi connectivity index (χ4v) is 1.73. The van der Waals surface area contributed by atoms with Gasteiger partial charge in [0, 0.05) is 13.1 Å². The van der Waals surface area contributed by atoms with E-state index in [0.717, 1.165) is 32.6 Å². The molecule has 90 valence electrons. The van der Waals surface area contributed by atoms with Crippen molar-refractivity contribution in [3.05, 3.63) is 33.8 Å². The van der Waals surface area contributed by atoms with Crippen molar-refractivity contribution in [3.63, 3.8) is 0 Å². The predicted octanol–water partition coefficient (Wildman–Crippen LogP) is 2.74. The number of hydrogen-bond donors (Lipinski definition) is 2. The summed E-state index contributed by atoms with van der Waals surface area (Å²) in [5, 5.41) is 7.87. The second-order valence-corrected chi connectivity index (χ2v) is 4.42. The van der Waals surface area contributed by atoms with E-state index < -0.39 is 0 Å². The molecule has 0 amide bonds. The summed E-state index contributed by atoms with van der Waals surface area (Å²) in [5.41, 5.74) is 1.21. The molecule has 0 saturated heterocycles. The minimum absolute atomic E-state index is 0.616. The highest BCUT2D eigenvalue weighted by Gasteiger charge is 1.98. The molecule has 0 fully saturated rings. The summed E-state index contributed by atoms with van der Waals surface area (Å²) in [6.45, 7) is 6.10. The van der Waals surface area contributed by atoms with Crippen molar-refractivity contribution in [1.82, 2.24) is 10.6 Å². The van der Waals surface area contributed by atoms with Crippen LogP contribution in [0.5, 0.6) is 0 Å². The Morgan fingerprint density at radius 1 is 1.00 bits per heavy atom. The lowest BCUT2D eigenvalue weighted by molar-refractivity contribution is 0.624. The molecule has 0 atom stereocenters. The summed E-state index contributed by atoms with van der Waals surface area (Å²) in [7, 11) is 0. The zero-order chi connectivity index (χ0) is 11.8. The molecule has 0 saturated carbocycles. The van der Waals surface area contributed by atoms with E-state index >= 15 is 0 Å². The molecular formula is C12H18Cl2N2. The number of halogens is 2. The van der Waals surface area contributed by atoms with Gasteiger partial charge in [0.05, 0.1) is 10.0 Å². The zero-order valence-corrected chi connectivity index (χ0v) is 11.0. The van der Waals surface area contributed by atoms with Crippen LogP contribution in [0, 0.1) is 0 Å². The number of hydrogen-bond acceptors (Lipinski definition) is 2. The van der Waals surface area contributed by atoms with Crippen LogP contribution in [-0.4, -0.2) is 26.2 Å². The van der Waals surface area contributed by atoms with Gasteiger partial charge in [-0.2, -0.15) is 0 Å². The number of benzene rings is 1. The van der Waals surface area contributed by atoms with E-state index in [9.17, 15) is 0 Å². The first-order chi connectivity index (χ1) is 7.74. The van der Waals surface area contributed by atoms with Crippen molar-refractivity contribution in [1.29, 1.82) is 0 Å². The summed E-state index contributed by atoms with van der Waals surface area (Å²) in [4.78, 5) is 0. The normalized spacial score (nSPS) is 10.7. The summed E-state index contributed by atoms with van der Waals surface area (Å²) in [5.74, 6) is 0. The number of rotatable bonds is 7. The fourth-order valence-electron chi connectivity index (χ4n) is 1.41. The molecule has 0 radical (unpaired) electrons. The highest BCUT2D eigenvalue weighted by atomic mass is 35.5. The van der Waals surface area contributed by atoms with Crippen LogP contribution < -0.4 is 10.6 Å². The first kappa shape index (κ1) is 13.8. The second-order valence-electron chi connectivity index (χ2n) is 3.60. The van der Waals surface area contributed by atoms with Gasteiger partial charge < -0.3 is 10.6 Å². The lowest BCUT2D eigenvalue weighted by Crippen LogP contribution is -2.28. The first-order valence-corrected chi connectivity index (χ1v) is 6.35. The minimum atomic E-state index is 0.616. The van der Waals surface area contributed by atoms with E-state index in [-0.39, 0.29) is 0 Å². The maximum atomic E-state index is 5.93. The third kappa shape index (κ3) is 5.17. The van der Waals surface area contributed by atoms with Crippen LogP contribution in [0.4, 0.5) is 0 Å². The molecule has 0 aromatic heterocycles. The molecule has 0 aliphatic carbocycles. The molecule has 0 aliphatic rings. The smallest absolute Gasteiger partial charge is 0.0595 e. The van der Waals surface area contributed by atoms with E-state index in [2.05, 4.69) is 17.6 Å². The van der Waals surface area contributed by atoms with Gasteiger partial charge in [0.15, 0.2) is 0 Å². The van der Waals surface area contributed by atoms with Crippen LogP contribution in [0.15, 0.2) is 18.2 Å². The van der Waals surface area contributed by atoms with Crippen LogP contribution in [0.1, 0.15) is 12.5 Å². The van der Waals surface area contributed by atoms with Crippen molar-refractivity contribution < 1.29 is 0 Å². The van der Waals surface area contributed by atoms with Gasteiger partial charge in [-0.1, -0.05) is 36.2 Å². The van der Waals surface area contributed by atoms with Gasteiger partial charge in [0.1, 0.15) is 0 Å². The SMILES string of the molecule is CCNCCNCCc1ccc(Cl)c(Cl)c1. The Bertz CT molecular complexity index is 316. The number of nitrogens with one attached hydrogen (secondary N) is 2. The molecule has 1 aromatic carbocycles. The molecular weight excluding hydrogens is 243 g/mol. The Morgan fingerprint density at radius 2 is 1.75 bits per heavy atom. The average Bonchev–Trinajstić information content (AvgIpc) is 2.28. The van der Waals surface area contributed by atoms with E-state index in [1.54, 1.807) is 0 Å². The van der Waals surface area contributed by atoms with E-state index in [1.807, 2.05) is 18.2 Å². The molecule has 4 heteroatoms. The quantitative estimate of drug-likeness (QED) is 0.737. The molecule has 1 aromatic rings. The van der Waals surface area contributed by atoms with E-state index in [0.29, 0.717) is 10.0 Å². The Balaban J connectivity index is 2.19. The van der Waals surface area contributed by atoms with Gasteiger partial charge >= 0.3 is 0 Å². The molecule has 0 spiro atoms. The predicted molar refractivity (Wildman–Crippen MR) is 71.6 cm³/mol. The zero-order valence-electron chi connectivity index (χ0n) is 9.52. The van der Waals surface area contributed by atoms with Gasteiger partial charge in [-0.15, -0.1) is 0 Å². The third-order valence-electron chi connectivity index (χ3n) is 2.30. The van der Waals surface area contributed by atoms with Crippen LogP contribution in [0.3, 0.4) is 0 Å². The summed E-state index contributed by atoms with van der Waals surface area (Å²) in [6.07, 6.45) is 0.975. The first-order valence-electron chi connectivity index (χ1n) is 5.59. The molecule has 16 heavy (non-hydrogen) atoms. The van der Waals surface area contributed by atoms with E-state index in [4.69, 9.17) is 23.2 Å². The van der Waals surface area contributed by atoms with E-state index in [1.165, 1.54) is 5.56 Å². The standard InChI is InChI=1S/C12H18Cl2N2/c1-2-15-7-8-16-6-5-10-3-4-11(13)12(14)9-10/h3-4,9,15-16H,2,5-8H2,1H3. The average molecular weight is 261 g/mol. The Hall–Kier alpha value is -0.280. The molecule has 2 nitrogen and oxygen atoms in total. The van der Waals surface area contributed by atoms with Crippen molar-refractivity contribution >= 4 is 23.2 Å². The largest absolute Gasteiger partial charge is 0.316 e. The fraction of sp³-hybridized carbons (Fsp3) is 0.500. The number of likely N-dealkylation sites (N-methyl/N-ethyl adjacent to an activating group) is 1. The topological polar surface area (TPSA) is 24.1 Å². The van der Waals surface area contributed by atoms with Gasteiger partial charge in [0.2, 0.25) is 0 Å². The molecule has 0 bridgehead atoms. The Morgan fingerprint density at radius 3 is 2.44 bits per heavy atom. The third-order valence-corrected chi connectivity index (χ3v) is 3.04. The van der Waals surface area contributed by atoms with Crippen molar-refractivity contribution in [3.8, 4) is 0 Å². The summed E-state index contributed by atoms with van der Waals surface area (Å²) in [6, 6.07) is 5.79. The Kier molecular flexibility index (Phi) is 6.81. The van der Waals surface area contributed by atoms with Crippen LogP contribution in [0.2, 0.25) is 10.0 Å². The second kappa shape index (κ2) is 7.91. The highest BCUT2D eigenvalue weighted by Crippen LogP contribution is 2.22. The lowest BCUT2D eigenvalue weighted by atomic mass is 10.1. The maximum Gasteiger partial charge on any atom is 0.0595 e. The molecule has 0 unspecified atom stereocenters. The monoisotopic (exact) mass is 260 g/mol. The van der Waals surface area contributed by atoms with Gasteiger partial charge in [-0.05, 0) is 37.2 Å². The summed E-state index contributed by atoms with van der Waals surface area (Å²) >= 11 is 11.8. The van der Waals surface area contributed by atoms with Crippen molar-refractivity contribution in [2.45, 2.75) is 13.3 Å². The Labute approximate surface area is 107 Å². The maximum absolute atomic E-state index is 5.93. The van der Waals surface area contributed by atoms with Gasteiger partial charge in [-0.25, -0.2) is 0 Å². The van der Waals surface area contributed by atoms with Crippen LogP contribution in [0.25, 0.3) is 0 Å². The summed E-state index contributed by atoms with van der Waals surface area (Å²) < 4.78 is 0. The van der Waals surface area contributed by atoms with Crippen LogP contribution >= 0.6 is 23.2 Å². The molecule has 0 aliphatic heterocycles. The van der Waals surface area contributed by atoms with Crippen molar-refractivity contribution in [2.75, 3.05) is 26.2 Å². The van der Waals surface area contributed by atoms with Gasteiger partial charge in [0.25, 0.3) is 0 Å².